The highest BCUT2D eigenvalue weighted by Crippen LogP contribution is 2.54. The normalized spacial score (nSPS) is 17.6. The number of nitrogens with zero attached hydrogens (tertiary/aromatic N) is 2. The molecule has 0 saturated carbocycles. The fraction of sp³-hybridized carbons (Fsp3) is 0.143. The Kier molecular flexibility index (Phi) is 5.37. The maximum absolute atomic E-state index is 10.6. The van der Waals surface area contributed by atoms with E-state index in [4.69, 9.17) is 0 Å². The molecule has 0 amide bonds. The predicted molar refractivity (Wildman–Crippen MR) is 133 cm³/mol. The van der Waals surface area contributed by atoms with E-state index in [0.717, 1.165) is 24.1 Å². The zero-order chi connectivity index (χ0) is 21.1. The second kappa shape index (κ2) is 8.46. The molecule has 2 aliphatic rings. The summed E-state index contributed by atoms with van der Waals surface area (Å²) in [6.07, 6.45) is 4.62. The summed E-state index contributed by atoms with van der Waals surface area (Å²) in [5.41, 5.74) is 3.53. The van der Waals surface area contributed by atoms with Gasteiger partial charge >= 0.3 is 0 Å². The third kappa shape index (κ3) is 3.46. The van der Waals surface area contributed by atoms with Gasteiger partial charge < -0.3 is 4.90 Å². The minimum atomic E-state index is -2.25. The third-order valence-corrected chi connectivity index (χ3v) is 10.1. The summed E-state index contributed by atoms with van der Waals surface area (Å²) < 4.78 is 0. The molecule has 2 nitrogen and oxygen atoms in total. The largest absolute Gasteiger partial charge is 0.370 e. The summed E-state index contributed by atoms with van der Waals surface area (Å²) in [7, 11) is 0. The van der Waals surface area contributed by atoms with E-state index in [1.165, 1.54) is 34.6 Å². The van der Waals surface area contributed by atoms with Gasteiger partial charge in [0, 0.05) is 13.1 Å². The number of likely N-dealkylation sites (tertiary alicyclic amines) is 1. The molecule has 0 spiro atoms. The van der Waals surface area contributed by atoms with Gasteiger partial charge in [0.2, 0.25) is 0 Å². The smallest absolute Gasteiger partial charge is 0.102 e. The van der Waals surface area contributed by atoms with Crippen LogP contribution < -0.4 is 10.6 Å². The van der Waals surface area contributed by atoms with E-state index in [1.807, 2.05) is 0 Å². The number of benzene rings is 3. The lowest BCUT2D eigenvalue weighted by Gasteiger charge is -2.34. The van der Waals surface area contributed by atoms with E-state index < -0.39 is 6.89 Å². The summed E-state index contributed by atoms with van der Waals surface area (Å²) in [5.74, 6) is 2.41. The Labute approximate surface area is 184 Å². The molecule has 1 saturated heterocycles. The molecule has 0 atom stereocenters. The molecule has 3 aromatic rings. The van der Waals surface area contributed by atoms with Crippen LogP contribution in [0.3, 0.4) is 0 Å². The van der Waals surface area contributed by atoms with Crippen molar-refractivity contribution in [2.45, 2.75) is 12.8 Å². The number of allylic oxidation sites excluding steroid dienone is 3. The molecule has 0 aliphatic carbocycles. The Hall–Kier alpha value is -3.27. The van der Waals surface area contributed by atoms with Crippen LogP contribution in [0.1, 0.15) is 18.4 Å². The number of nitriles is 1. The van der Waals surface area contributed by atoms with Crippen molar-refractivity contribution in [2.24, 2.45) is 0 Å². The van der Waals surface area contributed by atoms with Crippen LogP contribution in [0.25, 0.3) is 5.57 Å². The first-order chi connectivity index (χ1) is 15.3. The van der Waals surface area contributed by atoms with Crippen molar-refractivity contribution >= 4 is 28.4 Å². The zero-order valence-corrected chi connectivity index (χ0v) is 18.4. The maximum atomic E-state index is 10.6. The van der Waals surface area contributed by atoms with Crippen molar-refractivity contribution in [1.82, 2.24) is 4.90 Å². The first kappa shape index (κ1) is 19.7. The predicted octanol–water partition coefficient (Wildman–Crippen LogP) is 5.39. The summed E-state index contributed by atoms with van der Waals surface area (Å²) in [4.78, 5) is 2.43. The molecule has 0 unspecified atom stereocenters. The van der Waals surface area contributed by atoms with E-state index in [1.54, 1.807) is 0 Å². The van der Waals surface area contributed by atoms with Gasteiger partial charge in [-0.15, -0.1) is 0 Å². The first-order valence-electron chi connectivity index (χ1n) is 10.9. The van der Waals surface area contributed by atoms with Crippen LogP contribution in [0.4, 0.5) is 0 Å². The van der Waals surface area contributed by atoms with E-state index >= 15 is 0 Å². The summed E-state index contributed by atoms with van der Waals surface area (Å²) in [6.45, 7) is -0.219. The topological polar surface area (TPSA) is 27.0 Å². The second-order valence-electron chi connectivity index (χ2n) is 8.03. The molecule has 0 N–H and O–H groups in total. The van der Waals surface area contributed by atoms with Gasteiger partial charge in [-0.2, -0.15) is 5.26 Å². The molecule has 2 heterocycles. The summed E-state index contributed by atoms with van der Waals surface area (Å²) in [5, 5.41) is 14.0. The number of rotatable bonds is 4. The van der Waals surface area contributed by atoms with E-state index in [0.29, 0.717) is 0 Å². The monoisotopic (exact) mass is 420 g/mol. The highest BCUT2D eigenvalue weighted by Gasteiger charge is 2.33. The second-order valence-corrected chi connectivity index (χ2v) is 11.2. The standard InChI is InChI=1S/C28H25N2P/c29-21-28-27(30-18-10-11-19-30)20-24(23-12-4-1-5-13-23)22-31(28,25-14-6-2-7-15-25)26-16-8-3-9-17-26/h1-9,12-17,20,22H,10-11,18-19H2. The minimum absolute atomic E-state index is 0.923. The van der Waals surface area contributed by atoms with Gasteiger partial charge in [0.1, 0.15) is 6.07 Å². The highest BCUT2D eigenvalue weighted by atomic mass is 31.2. The molecule has 0 bridgehead atoms. The lowest BCUT2D eigenvalue weighted by Crippen LogP contribution is -2.30. The van der Waals surface area contributed by atoms with Gasteiger partial charge in [-0.05, 0) is 53.4 Å². The highest BCUT2D eigenvalue weighted by molar-refractivity contribution is 7.92. The van der Waals surface area contributed by atoms with Gasteiger partial charge in [0.25, 0.3) is 0 Å². The van der Waals surface area contributed by atoms with Crippen LogP contribution in [-0.4, -0.2) is 23.3 Å². The van der Waals surface area contributed by atoms with Crippen molar-refractivity contribution in [3.8, 4) is 6.07 Å². The van der Waals surface area contributed by atoms with Crippen LogP contribution >= 0.6 is 6.89 Å². The SMILES string of the molecule is N#CC1=P(c2ccccc2)(c2ccccc2)C=C(c2ccccc2)C=C1N1CCCC1. The fourth-order valence-electron chi connectivity index (χ4n) is 4.71. The zero-order valence-electron chi connectivity index (χ0n) is 17.5. The molecule has 5 rings (SSSR count). The molecule has 3 aromatic carbocycles. The molecule has 0 radical (unpaired) electrons. The number of hydrogen-bond acceptors (Lipinski definition) is 2. The fourth-order valence-corrected chi connectivity index (χ4v) is 8.61. The van der Waals surface area contributed by atoms with Crippen LogP contribution in [-0.2, 0) is 0 Å². The van der Waals surface area contributed by atoms with Gasteiger partial charge in [-0.1, -0.05) is 91.0 Å². The third-order valence-electron chi connectivity index (χ3n) is 6.21. The quantitative estimate of drug-likeness (QED) is 0.530. The maximum Gasteiger partial charge on any atom is 0.102 e. The van der Waals surface area contributed by atoms with Crippen molar-refractivity contribution in [3.63, 3.8) is 0 Å². The molecule has 2 aliphatic heterocycles. The van der Waals surface area contributed by atoms with Gasteiger partial charge in [-0.25, -0.2) is 0 Å². The summed E-state index contributed by atoms with van der Waals surface area (Å²) >= 11 is 0. The molecular weight excluding hydrogens is 395 g/mol. The summed E-state index contributed by atoms with van der Waals surface area (Å²) in [6, 6.07) is 34.6. The Morgan fingerprint density at radius 3 is 1.74 bits per heavy atom. The van der Waals surface area contributed by atoms with Gasteiger partial charge in [0.05, 0.1) is 11.0 Å². The van der Waals surface area contributed by atoms with Crippen LogP contribution in [0.2, 0.25) is 0 Å². The van der Waals surface area contributed by atoms with E-state index in [2.05, 4.69) is 114 Å². The van der Waals surface area contributed by atoms with Crippen molar-refractivity contribution < 1.29 is 0 Å². The Bertz CT molecular complexity index is 1180. The van der Waals surface area contributed by atoms with Crippen LogP contribution in [0.5, 0.6) is 0 Å². The average Bonchev–Trinajstić information content (AvgIpc) is 3.40. The van der Waals surface area contributed by atoms with Crippen LogP contribution in [0, 0.1) is 11.3 Å². The Balaban J connectivity index is 1.90. The molecule has 3 heteroatoms. The molecule has 1 fully saturated rings. The lowest BCUT2D eigenvalue weighted by atomic mass is 10.1. The lowest BCUT2D eigenvalue weighted by molar-refractivity contribution is 0.450. The average molecular weight is 420 g/mol. The van der Waals surface area contributed by atoms with E-state index in [-0.39, 0.29) is 0 Å². The van der Waals surface area contributed by atoms with Crippen LogP contribution in [0.15, 0.2) is 109 Å². The minimum Gasteiger partial charge on any atom is -0.370 e. The Morgan fingerprint density at radius 1 is 0.710 bits per heavy atom. The first-order valence-corrected chi connectivity index (χ1v) is 12.7. The van der Waals surface area contributed by atoms with Crippen molar-refractivity contribution in [2.75, 3.05) is 13.1 Å². The Morgan fingerprint density at radius 2 is 1.23 bits per heavy atom. The molecular formula is C28H25N2P. The molecule has 152 valence electrons. The van der Waals surface area contributed by atoms with Crippen molar-refractivity contribution in [1.29, 1.82) is 5.26 Å². The van der Waals surface area contributed by atoms with Gasteiger partial charge in [-0.3, -0.25) is 0 Å². The number of hydrogen-bond donors (Lipinski definition) is 0. The molecule has 0 aromatic heterocycles. The van der Waals surface area contributed by atoms with E-state index in [9.17, 15) is 5.26 Å². The van der Waals surface area contributed by atoms with Gasteiger partial charge in [0.15, 0.2) is 0 Å². The molecule has 31 heavy (non-hydrogen) atoms. The van der Waals surface area contributed by atoms with Crippen molar-refractivity contribution in [3.05, 3.63) is 114 Å².